The average molecular weight is 254 g/mol. The van der Waals surface area contributed by atoms with E-state index in [1.807, 2.05) is 0 Å². The number of hydrogen-bond donors (Lipinski definition) is 1. The molecule has 76 valence electrons. The predicted octanol–water partition coefficient (Wildman–Crippen LogP) is 3.06. The molecule has 0 atom stereocenters. The molecule has 1 aliphatic carbocycles. The molecule has 1 aromatic rings. The summed E-state index contributed by atoms with van der Waals surface area (Å²) in [5, 5.41) is 0. The molecule has 0 heterocycles. The first-order chi connectivity index (χ1) is 6.59. The van der Waals surface area contributed by atoms with E-state index in [9.17, 15) is 0 Å². The molecule has 0 aromatic heterocycles. The molecule has 0 unspecified atom stereocenters. The van der Waals surface area contributed by atoms with Gasteiger partial charge < -0.3 is 5.73 Å². The van der Waals surface area contributed by atoms with Crippen LogP contribution in [0.4, 0.5) is 0 Å². The molecule has 1 saturated carbocycles. The fourth-order valence-electron chi connectivity index (χ4n) is 2.01. The Kier molecular flexibility index (Phi) is 2.44. The summed E-state index contributed by atoms with van der Waals surface area (Å²) in [6.45, 7) is 5.08. The molecular formula is C12H16BrN. The zero-order chi connectivity index (χ0) is 10.3. The maximum Gasteiger partial charge on any atom is 0.0233 e. The second kappa shape index (κ2) is 3.35. The Hall–Kier alpha value is -0.340. The summed E-state index contributed by atoms with van der Waals surface area (Å²) in [5.41, 5.74) is 10.2. The van der Waals surface area contributed by atoms with Crippen LogP contribution in [0.5, 0.6) is 0 Å². The largest absolute Gasteiger partial charge is 0.330 e. The Balaban J connectivity index is 2.46. The van der Waals surface area contributed by atoms with Crippen molar-refractivity contribution in [1.29, 1.82) is 0 Å². The van der Waals surface area contributed by atoms with Crippen molar-refractivity contribution in [3.05, 3.63) is 33.3 Å². The van der Waals surface area contributed by atoms with Crippen LogP contribution in [-0.2, 0) is 5.41 Å². The van der Waals surface area contributed by atoms with Gasteiger partial charge in [0.2, 0.25) is 0 Å². The Labute approximate surface area is 93.8 Å². The van der Waals surface area contributed by atoms with Crippen molar-refractivity contribution in [2.75, 3.05) is 6.54 Å². The highest BCUT2D eigenvalue weighted by atomic mass is 79.9. The first-order valence-electron chi connectivity index (χ1n) is 5.06. The maximum absolute atomic E-state index is 5.83. The monoisotopic (exact) mass is 253 g/mol. The van der Waals surface area contributed by atoms with E-state index in [1.54, 1.807) is 0 Å². The lowest BCUT2D eigenvalue weighted by Gasteiger charge is -2.15. The van der Waals surface area contributed by atoms with Crippen molar-refractivity contribution in [2.45, 2.75) is 32.1 Å². The summed E-state index contributed by atoms with van der Waals surface area (Å²) < 4.78 is 1.23. The molecule has 2 rings (SSSR count). The summed E-state index contributed by atoms with van der Waals surface area (Å²) in [5.74, 6) is 0. The van der Waals surface area contributed by atoms with Crippen LogP contribution in [0.25, 0.3) is 0 Å². The van der Waals surface area contributed by atoms with Gasteiger partial charge in [-0.25, -0.2) is 0 Å². The third-order valence-electron chi connectivity index (χ3n) is 3.29. The minimum Gasteiger partial charge on any atom is -0.330 e. The van der Waals surface area contributed by atoms with Gasteiger partial charge in [-0.2, -0.15) is 0 Å². The molecule has 0 amide bonds. The number of hydrogen-bond acceptors (Lipinski definition) is 1. The van der Waals surface area contributed by atoms with Gasteiger partial charge in [-0.15, -0.1) is 0 Å². The summed E-state index contributed by atoms with van der Waals surface area (Å²) in [7, 11) is 0. The van der Waals surface area contributed by atoms with Crippen LogP contribution in [0.1, 0.15) is 29.5 Å². The lowest BCUT2D eigenvalue weighted by atomic mass is 9.93. The molecule has 2 N–H and O–H groups in total. The van der Waals surface area contributed by atoms with Crippen molar-refractivity contribution in [1.82, 2.24) is 0 Å². The molecule has 14 heavy (non-hydrogen) atoms. The van der Waals surface area contributed by atoms with Gasteiger partial charge in [0.05, 0.1) is 0 Å². The average Bonchev–Trinajstić information content (AvgIpc) is 2.94. The fraction of sp³-hybridized carbons (Fsp3) is 0.500. The predicted molar refractivity (Wildman–Crippen MR) is 63.6 cm³/mol. The molecule has 1 aliphatic rings. The highest BCUT2D eigenvalue weighted by Gasteiger charge is 2.42. The first-order valence-corrected chi connectivity index (χ1v) is 5.86. The minimum absolute atomic E-state index is 0.316. The SMILES string of the molecule is Cc1cc(C2(CN)CC2)cc(C)c1Br. The van der Waals surface area contributed by atoms with E-state index in [4.69, 9.17) is 5.73 Å². The van der Waals surface area contributed by atoms with Gasteiger partial charge in [0, 0.05) is 16.4 Å². The summed E-state index contributed by atoms with van der Waals surface area (Å²) in [6, 6.07) is 4.55. The van der Waals surface area contributed by atoms with Gasteiger partial charge in [-0.05, 0) is 43.4 Å². The van der Waals surface area contributed by atoms with Crippen LogP contribution < -0.4 is 5.73 Å². The normalized spacial score (nSPS) is 18.3. The Morgan fingerprint density at radius 1 is 1.29 bits per heavy atom. The van der Waals surface area contributed by atoms with Gasteiger partial charge in [0.15, 0.2) is 0 Å². The highest BCUT2D eigenvalue weighted by Crippen LogP contribution is 2.48. The number of nitrogens with two attached hydrogens (primary N) is 1. The topological polar surface area (TPSA) is 26.0 Å². The Morgan fingerprint density at radius 3 is 2.14 bits per heavy atom. The molecule has 0 radical (unpaired) electrons. The van der Waals surface area contributed by atoms with E-state index in [0.29, 0.717) is 5.41 Å². The van der Waals surface area contributed by atoms with Crippen LogP contribution in [0, 0.1) is 13.8 Å². The highest BCUT2D eigenvalue weighted by molar-refractivity contribution is 9.10. The standard InChI is InChI=1S/C12H16BrN/c1-8-5-10(6-9(2)11(8)13)12(7-14)3-4-12/h5-6H,3-4,7,14H2,1-2H3. The van der Waals surface area contributed by atoms with E-state index < -0.39 is 0 Å². The number of rotatable bonds is 2. The minimum atomic E-state index is 0.316. The fourth-order valence-corrected chi connectivity index (χ4v) is 2.24. The molecule has 0 saturated heterocycles. The smallest absolute Gasteiger partial charge is 0.0233 e. The van der Waals surface area contributed by atoms with Crippen molar-refractivity contribution in [3.63, 3.8) is 0 Å². The molecule has 1 aromatic carbocycles. The van der Waals surface area contributed by atoms with E-state index >= 15 is 0 Å². The van der Waals surface area contributed by atoms with Crippen molar-refractivity contribution in [3.8, 4) is 0 Å². The van der Waals surface area contributed by atoms with Crippen LogP contribution in [0.15, 0.2) is 16.6 Å². The molecule has 1 fully saturated rings. The van der Waals surface area contributed by atoms with E-state index in [1.165, 1.54) is 34.0 Å². The van der Waals surface area contributed by atoms with E-state index in [-0.39, 0.29) is 0 Å². The number of halogens is 1. The zero-order valence-corrected chi connectivity index (χ0v) is 10.3. The van der Waals surface area contributed by atoms with Gasteiger partial charge in [-0.3, -0.25) is 0 Å². The number of benzene rings is 1. The van der Waals surface area contributed by atoms with Gasteiger partial charge in [-0.1, -0.05) is 28.1 Å². The van der Waals surface area contributed by atoms with Crippen molar-refractivity contribution >= 4 is 15.9 Å². The van der Waals surface area contributed by atoms with Crippen LogP contribution in [0.2, 0.25) is 0 Å². The molecule has 1 nitrogen and oxygen atoms in total. The van der Waals surface area contributed by atoms with Crippen LogP contribution >= 0.6 is 15.9 Å². The Bertz CT molecular complexity index is 344. The summed E-state index contributed by atoms with van der Waals surface area (Å²) in [6.07, 6.45) is 2.51. The lowest BCUT2D eigenvalue weighted by molar-refractivity contribution is 0.703. The van der Waals surface area contributed by atoms with E-state index in [0.717, 1.165) is 6.54 Å². The molecule has 0 spiro atoms. The first kappa shape index (κ1) is 10.2. The molecular weight excluding hydrogens is 238 g/mol. The summed E-state index contributed by atoms with van der Waals surface area (Å²) >= 11 is 3.59. The Morgan fingerprint density at radius 2 is 1.79 bits per heavy atom. The second-order valence-corrected chi connectivity index (χ2v) is 5.20. The zero-order valence-electron chi connectivity index (χ0n) is 8.73. The molecule has 0 bridgehead atoms. The third kappa shape index (κ3) is 1.51. The summed E-state index contributed by atoms with van der Waals surface area (Å²) in [4.78, 5) is 0. The van der Waals surface area contributed by atoms with Gasteiger partial charge in [0.25, 0.3) is 0 Å². The van der Waals surface area contributed by atoms with Crippen LogP contribution in [0.3, 0.4) is 0 Å². The van der Waals surface area contributed by atoms with E-state index in [2.05, 4.69) is 41.9 Å². The van der Waals surface area contributed by atoms with Gasteiger partial charge >= 0.3 is 0 Å². The van der Waals surface area contributed by atoms with Crippen LogP contribution in [-0.4, -0.2) is 6.54 Å². The van der Waals surface area contributed by atoms with Crippen molar-refractivity contribution < 1.29 is 0 Å². The molecule has 2 heteroatoms. The van der Waals surface area contributed by atoms with Crippen molar-refractivity contribution in [2.24, 2.45) is 5.73 Å². The van der Waals surface area contributed by atoms with Gasteiger partial charge in [0.1, 0.15) is 0 Å². The molecule has 0 aliphatic heterocycles. The maximum atomic E-state index is 5.83. The lowest BCUT2D eigenvalue weighted by Crippen LogP contribution is -2.19. The second-order valence-electron chi connectivity index (χ2n) is 4.41. The quantitative estimate of drug-likeness (QED) is 0.862. The number of aryl methyl sites for hydroxylation is 2. The third-order valence-corrected chi connectivity index (χ3v) is 4.54.